The molecule has 1 atom stereocenters. The molecule has 3 heteroatoms. The van der Waals surface area contributed by atoms with Gasteiger partial charge in [-0.1, -0.05) is 30.3 Å². The van der Waals surface area contributed by atoms with Crippen molar-refractivity contribution in [3.05, 3.63) is 35.9 Å². The number of hydrogen-bond acceptors (Lipinski definition) is 3. The zero-order valence-corrected chi connectivity index (χ0v) is 7.14. The molecule has 1 rings (SSSR count). The van der Waals surface area contributed by atoms with Gasteiger partial charge in [0, 0.05) is 0 Å². The van der Waals surface area contributed by atoms with Crippen LogP contribution in [0.15, 0.2) is 30.3 Å². The van der Waals surface area contributed by atoms with Gasteiger partial charge in [0.05, 0.1) is 13.2 Å². The first-order chi connectivity index (χ1) is 6.38. The van der Waals surface area contributed by atoms with Gasteiger partial charge in [0.25, 0.3) is 0 Å². The van der Waals surface area contributed by atoms with Crippen molar-refractivity contribution in [1.29, 1.82) is 0 Å². The standard InChI is InChI=1S/C10H11O3/c11-6-7-13-10(8-12)9-4-2-1-3-5-9/h1-5,10-11H,6-7H2. The van der Waals surface area contributed by atoms with Crippen LogP contribution in [0.1, 0.15) is 11.7 Å². The Kier molecular flexibility index (Phi) is 4.15. The molecule has 0 fully saturated rings. The molecule has 0 aliphatic carbocycles. The molecule has 0 aliphatic rings. The predicted octanol–water partition coefficient (Wildman–Crippen LogP) is 0.846. The summed E-state index contributed by atoms with van der Waals surface area (Å²) >= 11 is 0. The first kappa shape index (κ1) is 9.89. The summed E-state index contributed by atoms with van der Waals surface area (Å²) in [7, 11) is 0. The molecule has 0 saturated carbocycles. The second-order valence-electron chi connectivity index (χ2n) is 2.50. The number of rotatable bonds is 5. The topological polar surface area (TPSA) is 46.5 Å². The number of aliphatic hydroxyl groups is 1. The summed E-state index contributed by atoms with van der Waals surface area (Å²) in [4.78, 5) is 10.5. The van der Waals surface area contributed by atoms with Gasteiger partial charge in [0.1, 0.15) is 6.10 Å². The lowest BCUT2D eigenvalue weighted by atomic mass is 10.1. The van der Waals surface area contributed by atoms with E-state index >= 15 is 0 Å². The average molecular weight is 179 g/mol. The van der Waals surface area contributed by atoms with Crippen molar-refractivity contribution in [3.8, 4) is 0 Å². The fourth-order valence-corrected chi connectivity index (χ4v) is 0.997. The Morgan fingerprint density at radius 2 is 2.08 bits per heavy atom. The fraction of sp³-hybridized carbons (Fsp3) is 0.300. The van der Waals surface area contributed by atoms with E-state index in [1.807, 2.05) is 18.2 Å². The third kappa shape index (κ3) is 2.97. The van der Waals surface area contributed by atoms with Crippen LogP contribution in [0, 0.1) is 0 Å². The molecule has 0 heterocycles. The highest BCUT2D eigenvalue weighted by atomic mass is 16.5. The summed E-state index contributed by atoms with van der Waals surface area (Å²) in [6.07, 6.45) is 1.08. The largest absolute Gasteiger partial charge is 0.394 e. The fourth-order valence-electron chi connectivity index (χ4n) is 0.997. The third-order valence-corrected chi connectivity index (χ3v) is 1.59. The highest BCUT2D eigenvalue weighted by Gasteiger charge is 2.10. The Morgan fingerprint density at radius 3 is 2.62 bits per heavy atom. The molecule has 0 aromatic heterocycles. The van der Waals surface area contributed by atoms with E-state index in [2.05, 4.69) is 0 Å². The van der Waals surface area contributed by atoms with Crippen LogP contribution < -0.4 is 0 Å². The third-order valence-electron chi connectivity index (χ3n) is 1.59. The Morgan fingerprint density at radius 1 is 1.38 bits per heavy atom. The molecule has 1 aromatic rings. The van der Waals surface area contributed by atoms with Gasteiger partial charge in [-0.3, -0.25) is 4.79 Å². The molecule has 1 N–H and O–H groups in total. The van der Waals surface area contributed by atoms with Crippen LogP contribution in [-0.4, -0.2) is 24.6 Å². The van der Waals surface area contributed by atoms with Crippen LogP contribution in [0.2, 0.25) is 0 Å². The Balaban J connectivity index is 2.61. The number of aliphatic hydroxyl groups excluding tert-OH is 1. The summed E-state index contributed by atoms with van der Waals surface area (Å²) in [6.45, 7) is 0.0554. The van der Waals surface area contributed by atoms with Gasteiger partial charge in [0.2, 0.25) is 6.29 Å². The second kappa shape index (κ2) is 5.45. The second-order valence-corrected chi connectivity index (χ2v) is 2.50. The molecule has 1 unspecified atom stereocenters. The van der Waals surface area contributed by atoms with E-state index in [1.54, 1.807) is 18.4 Å². The monoisotopic (exact) mass is 179 g/mol. The summed E-state index contributed by atoms with van der Waals surface area (Å²) in [5.74, 6) is 0. The summed E-state index contributed by atoms with van der Waals surface area (Å²) < 4.78 is 5.05. The number of carbonyl (C=O) groups excluding carboxylic acids is 1. The molecule has 0 saturated heterocycles. The summed E-state index contributed by atoms with van der Waals surface area (Å²) in [5.41, 5.74) is 0.756. The molecule has 1 aromatic carbocycles. The van der Waals surface area contributed by atoms with Crippen molar-refractivity contribution in [2.75, 3.05) is 13.2 Å². The van der Waals surface area contributed by atoms with Crippen LogP contribution >= 0.6 is 0 Å². The van der Waals surface area contributed by atoms with Crippen LogP contribution in [0.4, 0.5) is 0 Å². The van der Waals surface area contributed by atoms with Crippen LogP contribution in [-0.2, 0) is 9.53 Å². The normalized spacial score (nSPS) is 12.4. The first-order valence-corrected chi connectivity index (χ1v) is 4.03. The Bertz CT molecular complexity index is 246. The SMILES string of the molecule is O=[C]C(OCCO)c1ccccc1. The predicted molar refractivity (Wildman–Crippen MR) is 47.9 cm³/mol. The van der Waals surface area contributed by atoms with E-state index in [-0.39, 0.29) is 13.2 Å². The molecule has 69 valence electrons. The van der Waals surface area contributed by atoms with Crippen molar-refractivity contribution in [2.45, 2.75) is 6.10 Å². The quantitative estimate of drug-likeness (QED) is 0.728. The maximum absolute atomic E-state index is 10.5. The van der Waals surface area contributed by atoms with Crippen molar-refractivity contribution in [2.24, 2.45) is 0 Å². The van der Waals surface area contributed by atoms with E-state index in [1.165, 1.54) is 0 Å². The molecule has 0 bridgehead atoms. The summed E-state index contributed by atoms with van der Waals surface area (Å²) in [5, 5.41) is 8.50. The van der Waals surface area contributed by atoms with E-state index < -0.39 is 6.10 Å². The van der Waals surface area contributed by atoms with Crippen molar-refractivity contribution in [1.82, 2.24) is 0 Å². The lowest BCUT2D eigenvalue weighted by Gasteiger charge is -2.09. The average Bonchev–Trinajstić information content (AvgIpc) is 2.21. The number of hydrogen-bond donors (Lipinski definition) is 1. The van der Waals surface area contributed by atoms with Gasteiger partial charge in [-0.05, 0) is 5.56 Å². The smallest absolute Gasteiger partial charge is 0.234 e. The van der Waals surface area contributed by atoms with Crippen molar-refractivity contribution >= 4 is 6.29 Å². The van der Waals surface area contributed by atoms with Crippen molar-refractivity contribution < 1.29 is 14.6 Å². The van der Waals surface area contributed by atoms with Gasteiger partial charge in [-0.2, -0.15) is 0 Å². The molecule has 0 spiro atoms. The van der Waals surface area contributed by atoms with Gasteiger partial charge in [-0.15, -0.1) is 0 Å². The summed E-state index contributed by atoms with van der Waals surface area (Å²) in [6, 6.07) is 9.07. The molecule has 3 nitrogen and oxygen atoms in total. The first-order valence-electron chi connectivity index (χ1n) is 4.03. The van der Waals surface area contributed by atoms with E-state index in [9.17, 15) is 4.79 Å². The van der Waals surface area contributed by atoms with Crippen LogP contribution in [0.3, 0.4) is 0 Å². The molecular weight excluding hydrogens is 168 g/mol. The maximum Gasteiger partial charge on any atom is 0.234 e. The number of benzene rings is 1. The zero-order chi connectivity index (χ0) is 9.52. The Hall–Kier alpha value is -1.19. The van der Waals surface area contributed by atoms with Crippen molar-refractivity contribution in [3.63, 3.8) is 0 Å². The van der Waals surface area contributed by atoms with E-state index in [0.717, 1.165) is 5.56 Å². The zero-order valence-electron chi connectivity index (χ0n) is 7.14. The van der Waals surface area contributed by atoms with E-state index in [0.29, 0.717) is 0 Å². The van der Waals surface area contributed by atoms with Gasteiger partial charge in [-0.25, -0.2) is 0 Å². The van der Waals surface area contributed by atoms with Crippen LogP contribution in [0.5, 0.6) is 0 Å². The molecule has 1 radical (unpaired) electrons. The number of ether oxygens (including phenoxy) is 1. The lowest BCUT2D eigenvalue weighted by molar-refractivity contribution is 0.0629. The molecule has 0 amide bonds. The Labute approximate surface area is 77.0 Å². The van der Waals surface area contributed by atoms with Gasteiger partial charge >= 0.3 is 0 Å². The highest BCUT2D eigenvalue weighted by Crippen LogP contribution is 2.13. The van der Waals surface area contributed by atoms with Gasteiger partial charge < -0.3 is 9.84 Å². The minimum absolute atomic E-state index is 0.0922. The highest BCUT2D eigenvalue weighted by molar-refractivity contribution is 5.60. The lowest BCUT2D eigenvalue weighted by Crippen LogP contribution is -2.08. The minimum atomic E-state index is -0.687. The molecule has 0 aliphatic heterocycles. The maximum atomic E-state index is 10.5. The molecule has 13 heavy (non-hydrogen) atoms. The van der Waals surface area contributed by atoms with Gasteiger partial charge in [0.15, 0.2) is 0 Å². The van der Waals surface area contributed by atoms with Crippen LogP contribution in [0.25, 0.3) is 0 Å². The van der Waals surface area contributed by atoms with E-state index in [4.69, 9.17) is 9.84 Å². The minimum Gasteiger partial charge on any atom is -0.394 e. The molecular formula is C10H11O3.